The van der Waals surface area contributed by atoms with E-state index >= 15 is 0 Å². The molecule has 1 aromatic rings. The minimum atomic E-state index is 1.08. The number of para-hydroxylation sites is 1. The maximum absolute atomic E-state index is 3.22. The quantitative estimate of drug-likeness (QED) is 0.484. The van der Waals surface area contributed by atoms with Gasteiger partial charge in [0.05, 0.1) is 11.4 Å². The Hall–Kier alpha value is -2.20. The number of fused-ring (bicyclic) bond motifs is 1. The standard InChI is InChI=1S/C15H15N.C2H4/c1-4-12-10-11-13-8-6-7-9-15(13)16(3)14(12)5-2;1-2/h4-9H,1-3H3;1-2H2/b12-4-,14-5+;. The number of anilines is 1. The predicted octanol–water partition coefficient (Wildman–Crippen LogP) is 4.14. The first-order chi connectivity index (χ1) is 8.77. The van der Waals surface area contributed by atoms with E-state index in [4.69, 9.17) is 0 Å². The van der Waals surface area contributed by atoms with Crippen LogP contribution in [0.5, 0.6) is 0 Å². The number of likely N-dealkylation sites (N-methyl/N-ethyl adjacent to an activating group) is 1. The molecular formula is C17H19N. The Balaban J connectivity index is 0.000000771. The van der Waals surface area contributed by atoms with Crippen LogP contribution in [0.2, 0.25) is 0 Å². The Labute approximate surface area is 110 Å². The van der Waals surface area contributed by atoms with E-state index in [9.17, 15) is 0 Å². The van der Waals surface area contributed by atoms with E-state index in [1.807, 2.05) is 26.0 Å². The number of hydrogen-bond acceptors (Lipinski definition) is 1. The number of allylic oxidation sites excluding steroid dienone is 3. The summed E-state index contributed by atoms with van der Waals surface area (Å²) >= 11 is 0. The third-order valence-electron chi connectivity index (χ3n) is 2.80. The van der Waals surface area contributed by atoms with Crippen LogP contribution >= 0.6 is 0 Å². The molecule has 18 heavy (non-hydrogen) atoms. The van der Waals surface area contributed by atoms with Crippen molar-refractivity contribution in [3.63, 3.8) is 0 Å². The number of benzene rings is 1. The van der Waals surface area contributed by atoms with Gasteiger partial charge in [-0.2, -0.15) is 0 Å². The van der Waals surface area contributed by atoms with E-state index < -0.39 is 0 Å². The van der Waals surface area contributed by atoms with Crippen LogP contribution < -0.4 is 4.90 Å². The van der Waals surface area contributed by atoms with Crippen LogP contribution in [0.25, 0.3) is 0 Å². The zero-order valence-electron chi connectivity index (χ0n) is 11.3. The van der Waals surface area contributed by atoms with Gasteiger partial charge in [0.15, 0.2) is 0 Å². The summed E-state index contributed by atoms with van der Waals surface area (Å²) in [5.41, 5.74) is 4.50. The van der Waals surface area contributed by atoms with Gasteiger partial charge in [0.2, 0.25) is 0 Å². The summed E-state index contributed by atoms with van der Waals surface area (Å²) in [5, 5.41) is 0. The summed E-state index contributed by atoms with van der Waals surface area (Å²) < 4.78 is 0. The molecule has 1 aliphatic rings. The lowest BCUT2D eigenvalue weighted by atomic mass is 10.1. The van der Waals surface area contributed by atoms with Crippen molar-refractivity contribution in [2.75, 3.05) is 11.9 Å². The molecule has 0 atom stereocenters. The highest BCUT2D eigenvalue weighted by atomic mass is 15.1. The summed E-state index contributed by atoms with van der Waals surface area (Å²) in [7, 11) is 2.08. The highest BCUT2D eigenvalue weighted by Gasteiger charge is 2.14. The van der Waals surface area contributed by atoms with Crippen molar-refractivity contribution in [2.45, 2.75) is 13.8 Å². The van der Waals surface area contributed by atoms with Gasteiger partial charge < -0.3 is 4.90 Å². The average Bonchev–Trinajstić information content (AvgIpc) is 2.58. The molecule has 0 bridgehead atoms. The smallest absolute Gasteiger partial charge is 0.0567 e. The summed E-state index contributed by atoms with van der Waals surface area (Å²) in [6, 6.07) is 8.24. The minimum Gasteiger partial charge on any atom is -0.343 e. The zero-order chi connectivity index (χ0) is 13.5. The molecule has 2 rings (SSSR count). The lowest BCUT2D eigenvalue weighted by Gasteiger charge is -2.22. The Kier molecular flexibility index (Phi) is 5.02. The molecule has 0 unspecified atom stereocenters. The largest absolute Gasteiger partial charge is 0.343 e. The molecule has 0 aliphatic carbocycles. The summed E-state index contributed by atoms with van der Waals surface area (Å²) in [4.78, 5) is 2.18. The second kappa shape index (κ2) is 6.51. The van der Waals surface area contributed by atoms with Crippen molar-refractivity contribution >= 4 is 5.69 Å². The molecule has 0 fully saturated rings. The average molecular weight is 237 g/mol. The van der Waals surface area contributed by atoms with Crippen molar-refractivity contribution in [2.24, 2.45) is 0 Å². The van der Waals surface area contributed by atoms with Crippen LogP contribution in [0.3, 0.4) is 0 Å². The fourth-order valence-electron chi connectivity index (χ4n) is 1.95. The Morgan fingerprint density at radius 2 is 1.72 bits per heavy atom. The molecule has 1 aromatic carbocycles. The second-order valence-corrected chi connectivity index (χ2v) is 3.70. The minimum absolute atomic E-state index is 1.08. The fourth-order valence-corrected chi connectivity index (χ4v) is 1.95. The van der Waals surface area contributed by atoms with E-state index in [2.05, 4.69) is 61.2 Å². The van der Waals surface area contributed by atoms with Gasteiger partial charge in [-0.05, 0) is 26.0 Å². The van der Waals surface area contributed by atoms with E-state index in [1.165, 1.54) is 11.4 Å². The predicted molar refractivity (Wildman–Crippen MR) is 80.5 cm³/mol. The summed E-state index contributed by atoms with van der Waals surface area (Å²) in [6.07, 6.45) is 4.16. The topological polar surface area (TPSA) is 3.24 Å². The molecule has 0 aromatic heterocycles. The third kappa shape index (κ3) is 2.55. The van der Waals surface area contributed by atoms with Crippen LogP contribution in [0.15, 0.2) is 60.8 Å². The maximum Gasteiger partial charge on any atom is 0.0567 e. The van der Waals surface area contributed by atoms with E-state index in [0.29, 0.717) is 0 Å². The van der Waals surface area contributed by atoms with Gasteiger partial charge in [-0.15, -0.1) is 13.2 Å². The first-order valence-corrected chi connectivity index (χ1v) is 5.95. The first kappa shape index (κ1) is 13.9. The van der Waals surface area contributed by atoms with E-state index in [-0.39, 0.29) is 0 Å². The van der Waals surface area contributed by atoms with Crippen LogP contribution in [0.4, 0.5) is 5.69 Å². The molecule has 0 saturated carbocycles. The molecule has 1 heterocycles. The SMILES string of the molecule is C/C=C1/C#Cc2ccccc2N(C)/C1=C/C.C=C. The highest BCUT2D eigenvalue weighted by Crippen LogP contribution is 2.27. The van der Waals surface area contributed by atoms with Crippen molar-refractivity contribution < 1.29 is 0 Å². The number of nitrogens with zero attached hydrogens (tertiary/aromatic N) is 1. The molecule has 0 radical (unpaired) electrons. The molecule has 0 N–H and O–H groups in total. The molecule has 1 nitrogen and oxygen atoms in total. The second-order valence-electron chi connectivity index (χ2n) is 3.70. The molecule has 1 aliphatic heterocycles. The van der Waals surface area contributed by atoms with Gasteiger partial charge in [0.25, 0.3) is 0 Å². The lowest BCUT2D eigenvalue weighted by Crippen LogP contribution is -2.17. The van der Waals surface area contributed by atoms with Crippen molar-refractivity contribution in [1.29, 1.82) is 0 Å². The Morgan fingerprint density at radius 1 is 1.06 bits per heavy atom. The van der Waals surface area contributed by atoms with Gasteiger partial charge in [0, 0.05) is 18.2 Å². The van der Waals surface area contributed by atoms with E-state index in [1.54, 1.807) is 0 Å². The van der Waals surface area contributed by atoms with Crippen LogP contribution in [0, 0.1) is 11.8 Å². The van der Waals surface area contributed by atoms with Crippen LogP contribution in [-0.4, -0.2) is 7.05 Å². The van der Waals surface area contributed by atoms with Gasteiger partial charge in [0.1, 0.15) is 0 Å². The highest BCUT2D eigenvalue weighted by molar-refractivity contribution is 5.71. The van der Waals surface area contributed by atoms with Crippen molar-refractivity contribution in [1.82, 2.24) is 0 Å². The normalized spacial score (nSPS) is 17.2. The Morgan fingerprint density at radius 3 is 2.33 bits per heavy atom. The van der Waals surface area contributed by atoms with Gasteiger partial charge >= 0.3 is 0 Å². The van der Waals surface area contributed by atoms with E-state index in [0.717, 1.165) is 11.1 Å². The maximum atomic E-state index is 3.22. The summed E-state index contributed by atoms with van der Waals surface area (Å²) in [6.45, 7) is 10.1. The molecule has 0 amide bonds. The summed E-state index contributed by atoms with van der Waals surface area (Å²) in [5.74, 6) is 6.44. The van der Waals surface area contributed by atoms with Crippen LogP contribution in [-0.2, 0) is 0 Å². The Bertz CT molecular complexity index is 538. The fraction of sp³-hybridized carbons (Fsp3) is 0.176. The van der Waals surface area contributed by atoms with Gasteiger partial charge in [-0.1, -0.05) is 36.1 Å². The molecule has 0 spiro atoms. The van der Waals surface area contributed by atoms with Gasteiger partial charge in [-0.3, -0.25) is 0 Å². The molecular weight excluding hydrogens is 218 g/mol. The first-order valence-electron chi connectivity index (χ1n) is 5.95. The molecule has 92 valence electrons. The monoisotopic (exact) mass is 237 g/mol. The number of hydrogen-bond donors (Lipinski definition) is 0. The van der Waals surface area contributed by atoms with Crippen molar-refractivity contribution in [3.8, 4) is 11.8 Å². The molecule has 1 heteroatoms. The zero-order valence-corrected chi connectivity index (χ0v) is 11.3. The molecule has 0 saturated heterocycles. The van der Waals surface area contributed by atoms with Crippen molar-refractivity contribution in [3.05, 3.63) is 66.4 Å². The van der Waals surface area contributed by atoms with Gasteiger partial charge in [-0.25, -0.2) is 0 Å². The number of rotatable bonds is 0. The third-order valence-corrected chi connectivity index (χ3v) is 2.80. The lowest BCUT2D eigenvalue weighted by molar-refractivity contribution is 1.11. The van der Waals surface area contributed by atoms with Crippen LogP contribution in [0.1, 0.15) is 19.4 Å².